The third-order valence-electron chi connectivity index (χ3n) is 3.73. The van der Waals surface area contributed by atoms with Gasteiger partial charge in [-0.1, -0.05) is 57.0 Å². The number of aromatic amines is 1. The lowest BCUT2D eigenvalue weighted by Crippen LogP contribution is -2.34. The molecule has 0 saturated heterocycles. The van der Waals surface area contributed by atoms with E-state index in [1.54, 1.807) is 0 Å². The van der Waals surface area contributed by atoms with E-state index in [1.165, 1.54) is 0 Å². The summed E-state index contributed by atoms with van der Waals surface area (Å²) < 4.78 is 0. The van der Waals surface area contributed by atoms with Gasteiger partial charge >= 0.3 is 0 Å². The molecular formula is C17H24N4O. The zero-order valence-electron chi connectivity index (χ0n) is 13.5. The van der Waals surface area contributed by atoms with E-state index in [9.17, 15) is 4.79 Å². The highest BCUT2D eigenvalue weighted by molar-refractivity contribution is 5.79. The SMILES string of the molecule is CCCC[C@@H](C)C(=O)N[C@H](c1ccccc1)c1n[nH]c(C)n1. The Morgan fingerprint density at radius 2 is 2.05 bits per heavy atom. The maximum Gasteiger partial charge on any atom is 0.223 e. The second-order valence-electron chi connectivity index (χ2n) is 5.67. The van der Waals surface area contributed by atoms with Gasteiger partial charge in [0.2, 0.25) is 5.91 Å². The number of H-pyrrole nitrogens is 1. The molecule has 2 aromatic rings. The number of nitrogens with zero attached hydrogens (tertiary/aromatic N) is 2. The van der Waals surface area contributed by atoms with Gasteiger partial charge in [-0.3, -0.25) is 9.89 Å². The van der Waals surface area contributed by atoms with Crippen LogP contribution in [0.5, 0.6) is 0 Å². The lowest BCUT2D eigenvalue weighted by atomic mass is 10.0. The first-order valence-electron chi connectivity index (χ1n) is 7.86. The van der Waals surface area contributed by atoms with Crippen LogP contribution in [0.3, 0.4) is 0 Å². The van der Waals surface area contributed by atoms with Gasteiger partial charge < -0.3 is 5.32 Å². The largest absolute Gasteiger partial charge is 0.342 e. The number of unbranched alkanes of at least 4 members (excludes halogenated alkanes) is 1. The number of rotatable bonds is 7. The first-order chi connectivity index (χ1) is 10.6. The Balaban J connectivity index is 2.17. The van der Waals surface area contributed by atoms with E-state index in [2.05, 4.69) is 27.4 Å². The first kappa shape index (κ1) is 16.2. The molecule has 1 aromatic heterocycles. The van der Waals surface area contributed by atoms with Crippen molar-refractivity contribution < 1.29 is 4.79 Å². The van der Waals surface area contributed by atoms with E-state index < -0.39 is 0 Å². The molecule has 2 rings (SSSR count). The molecule has 0 aliphatic carbocycles. The number of aromatic nitrogens is 3. The average Bonchev–Trinajstić information content (AvgIpc) is 2.97. The normalized spacial score (nSPS) is 13.6. The molecule has 0 aliphatic heterocycles. The second-order valence-corrected chi connectivity index (χ2v) is 5.67. The van der Waals surface area contributed by atoms with Gasteiger partial charge in [0.05, 0.1) is 0 Å². The van der Waals surface area contributed by atoms with Gasteiger partial charge in [-0.2, -0.15) is 5.10 Å². The molecule has 1 amide bonds. The van der Waals surface area contributed by atoms with Crippen LogP contribution < -0.4 is 5.32 Å². The summed E-state index contributed by atoms with van der Waals surface area (Å²) in [6, 6.07) is 9.50. The number of aryl methyl sites for hydroxylation is 1. The quantitative estimate of drug-likeness (QED) is 0.825. The Bertz CT molecular complexity index is 594. The fourth-order valence-electron chi connectivity index (χ4n) is 2.36. The summed E-state index contributed by atoms with van der Waals surface area (Å²) in [6.07, 6.45) is 3.06. The highest BCUT2D eigenvalue weighted by Gasteiger charge is 2.23. The number of hydrogen-bond acceptors (Lipinski definition) is 3. The predicted octanol–water partition coefficient (Wildman–Crippen LogP) is 3.15. The molecule has 0 unspecified atom stereocenters. The molecule has 118 valence electrons. The van der Waals surface area contributed by atoms with Crippen LogP contribution in [0.25, 0.3) is 0 Å². The van der Waals surface area contributed by atoms with Crippen molar-refractivity contribution in [1.29, 1.82) is 0 Å². The van der Waals surface area contributed by atoms with E-state index in [1.807, 2.05) is 44.2 Å². The van der Waals surface area contributed by atoms with Gasteiger partial charge in [0, 0.05) is 5.92 Å². The average molecular weight is 300 g/mol. The van der Waals surface area contributed by atoms with Crippen molar-refractivity contribution in [1.82, 2.24) is 20.5 Å². The minimum absolute atomic E-state index is 0.00815. The maximum atomic E-state index is 12.4. The maximum absolute atomic E-state index is 12.4. The minimum Gasteiger partial charge on any atom is -0.342 e. The summed E-state index contributed by atoms with van der Waals surface area (Å²) in [7, 11) is 0. The van der Waals surface area contributed by atoms with E-state index >= 15 is 0 Å². The number of benzene rings is 1. The zero-order valence-corrected chi connectivity index (χ0v) is 13.5. The van der Waals surface area contributed by atoms with Gasteiger partial charge in [0.15, 0.2) is 5.82 Å². The van der Waals surface area contributed by atoms with E-state index in [0.717, 1.165) is 30.7 Å². The molecule has 5 heteroatoms. The van der Waals surface area contributed by atoms with Gasteiger partial charge in [-0.25, -0.2) is 4.98 Å². The number of hydrogen-bond donors (Lipinski definition) is 2. The second kappa shape index (κ2) is 7.73. The molecule has 1 aromatic carbocycles. The molecule has 2 atom stereocenters. The van der Waals surface area contributed by atoms with Crippen molar-refractivity contribution in [3.63, 3.8) is 0 Å². The molecule has 0 spiro atoms. The third kappa shape index (κ3) is 4.16. The Labute approximate surface area is 131 Å². The topological polar surface area (TPSA) is 70.7 Å². The molecule has 1 heterocycles. The standard InChI is InChI=1S/C17H24N4O/c1-4-5-9-12(2)17(22)19-15(14-10-7-6-8-11-14)16-18-13(3)20-21-16/h6-8,10-12,15H,4-5,9H2,1-3H3,(H,19,22)(H,18,20,21)/t12-,15-/m1/s1. The Kier molecular flexibility index (Phi) is 5.69. The Morgan fingerprint density at radius 1 is 1.32 bits per heavy atom. The number of nitrogens with one attached hydrogen (secondary N) is 2. The monoisotopic (exact) mass is 300 g/mol. The molecule has 22 heavy (non-hydrogen) atoms. The molecule has 5 nitrogen and oxygen atoms in total. The van der Waals surface area contributed by atoms with Crippen molar-refractivity contribution in [3.8, 4) is 0 Å². The van der Waals surface area contributed by atoms with Crippen LogP contribution in [0.1, 0.15) is 56.4 Å². The smallest absolute Gasteiger partial charge is 0.223 e. The fourth-order valence-corrected chi connectivity index (χ4v) is 2.36. The Hall–Kier alpha value is -2.17. The predicted molar refractivity (Wildman–Crippen MR) is 86.2 cm³/mol. The fraction of sp³-hybridized carbons (Fsp3) is 0.471. The van der Waals surface area contributed by atoms with Crippen molar-refractivity contribution in [2.24, 2.45) is 5.92 Å². The van der Waals surface area contributed by atoms with Crippen LogP contribution in [0, 0.1) is 12.8 Å². The van der Waals surface area contributed by atoms with Crippen LogP contribution >= 0.6 is 0 Å². The lowest BCUT2D eigenvalue weighted by Gasteiger charge is -2.19. The van der Waals surface area contributed by atoms with E-state index in [4.69, 9.17) is 0 Å². The van der Waals surface area contributed by atoms with E-state index in [-0.39, 0.29) is 17.9 Å². The van der Waals surface area contributed by atoms with Crippen LogP contribution in [-0.2, 0) is 4.79 Å². The summed E-state index contributed by atoms with van der Waals surface area (Å²) >= 11 is 0. The summed E-state index contributed by atoms with van der Waals surface area (Å²) in [4.78, 5) is 16.8. The highest BCUT2D eigenvalue weighted by Crippen LogP contribution is 2.20. The van der Waals surface area contributed by atoms with Crippen LogP contribution in [-0.4, -0.2) is 21.1 Å². The number of amides is 1. The molecule has 0 saturated carbocycles. The summed E-state index contributed by atoms with van der Waals surface area (Å²) in [5.41, 5.74) is 0.984. The molecule has 2 N–H and O–H groups in total. The Morgan fingerprint density at radius 3 is 2.64 bits per heavy atom. The zero-order chi connectivity index (χ0) is 15.9. The molecular weight excluding hydrogens is 276 g/mol. The van der Waals surface area contributed by atoms with Crippen LogP contribution in [0.4, 0.5) is 0 Å². The summed E-state index contributed by atoms with van der Waals surface area (Å²) in [5.74, 6) is 1.37. The first-order valence-corrected chi connectivity index (χ1v) is 7.86. The van der Waals surface area contributed by atoms with Gasteiger partial charge in [0.25, 0.3) is 0 Å². The third-order valence-corrected chi connectivity index (χ3v) is 3.73. The van der Waals surface area contributed by atoms with Crippen molar-refractivity contribution >= 4 is 5.91 Å². The lowest BCUT2D eigenvalue weighted by molar-refractivity contribution is -0.125. The number of carbonyl (C=O) groups is 1. The van der Waals surface area contributed by atoms with Crippen molar-refractivity contribution in [2.75, 3.05) is 0 Å². The molecule has 0 bridgehead atoms. The van der Waals surface area contributed by atoms with Crippen LogP contribution in [0.2, 0.25) is 0 Å². The highest BCUT2D eigenvalue weighted by atomic mass is 16.1. The minimum atomic E-state index is -0.317. The number of carbonyl (C=O) groups excluding carboxylic acids is 1. The molecule has 0 aliphatic rings. The summed E-state index contributed by atoms with van der Waals surface area (Å²) in [6.45, 7) is 5.95. The van der Waals surface area contributed by atoms with Crippen molar-refractivity contribution in [3.05, 3.63) is 47.5 Å². The summed E-state index contributed by atoms with van der Waals surface area (Å²) in [5, 5.41) is 10.1. The van der Waals surface area contributed by atoms with Gasteiger partial charge in [-0.15, -0.1) is 0 Å². The molecule has 0 radical (unpaired) electrons. The van der Waals surface area contributed by atoms with Gasteiger partial charge in [-0.05, 0) is 18.9 Å². The van der Waals surface area contributed by atoms with Gasteiger partial charge in [0.1, 0.15) is 11.9 Å². The van der Waals surface area contributed by atoms with Crippen molar-refractivity contribution in [2.45, 2.75) is 46.1 Å². The van der Waals surface area contributed by atoms with E-state index in [0.29, 0.717) is 5.82 Å². The molecule has 0 fully saturated rings. The van der Waals surface area contributed by atoms with Crippen LogP contribution in [0.15, 0.2) is 30.3 Å².